The molecule has 160 valence electrons. The number of cyclic esters (lactones) is 1. The van der Waals surface area contributed by atoms with Gasteiger partial charge in [-0.2, -0.15) is 0 Å². The van der Waals surface area contributed by atoms with Gasteiger partial charge in [-0.1, -0.05) is 37.5 Å². The van der Waals surface area contributed by atoms with Crippen LogP contribution in [0, 0.1) is 5.92 Å². The lowest BCUT2D eigenvalue weighted by atomic mass is 10.00. The number of rotatable bonds is 11. The number of carbonyl (C=O) groups is 3. The van der Waals surface area contributed by atoms with Gasteiger partial charge in [-0.25, -0.2) is 14.4 Å². The van der Waals surface area contributed by atoms with Crippen LogP contribution >= 0.6 is 0 Å². The van der Waals surface area contributed by atoms with Crippen LogP contribution in [0.3, 0.4) is 0 Å². The van der Waals surface area contributed by atoms with Gasteiger partial charge in [0.15, 0.2) is 12.2 Å². The summed E-state index contributed by atoms with van der Waals surface area (Å²) in [6, 6.07) is 0. The fraction of sp³-hybridized carbons (Fsp3) is 0.500. The van der Waals surface area contributed by atoms with E-state index in [4.69, 9.17) is 14.6 Å². The zero-order chi connectivity index (χ0) is 21.8. The molecule has 0 spiro atoms. The van der Waals surface area contributed by atoms with E-state index >= 15 is 0 Å². The lowest BCUT2D eigenvalue weighted by Crippen LogP contribution is -2.35. The second kappa shape index (κ2) is 12.7. The number of aliphatic hydroxyl groups is 1. The van der Waals surface area contributed by atoms with Crippen molar-refractivity contribution in [3.05, 3.63) is 48.1 Å². The van der Waals surface area contributed by atoms with Crippen LogP contribution in [0.25, 0.3) is 0 Å². The largest absolute Gasteiger partial charge is 0.478 e. The topological polar surface area (TPSA) is 110 Å². The molecule has 4 atom stereocenters. The van der Waals surface area contributed by atoms with Crippen LogP contribution in [0.1, 0.15) is 46.5 Å². The first kappa shape index (κ1) is 24.4. The summed E-state index contributed by atoms with van der Waals surface area (Å²) in [4.78, 5) is 34.0. The number of allylic oxidation sites excluding steroid dienone is 3. The minimum absolute atomic E-state index is 0.265. The van der Waals surface area contributed by atoms with Crippen LogP contribution in [0.2, 0.25) is 0 Å². The average Bonchev–Trinajstić information content (AvgIpc) is 2.63. The smallest absolute Gasteiger partial charge is 0.331 e. The molecule has 0 saturated carbocycles. The van der Waals surface area contributed by atoms with Crippen LogP contribution in [0.5, 0.6) is 0 Å². The Hall–Kier alpha value is -2.67. The highest BCUT2D eigenvalue weighted by molar-refractivity contribution is 5.85. The molecule has 7 nitrogen and oxygen atoms in total. The predicted molar refractivity (Wildman–Crippen MR) is 108 cm³/mol. The SMILES string of the molecule is CC(/C=C/C(=O)O[C@H]1C=CC(=O)O[C@H]1/C=C/C(=O)O)=C\[C@H](C)CCCC[C@@H](C)O. The zero-order valence-corrected chi connectivity index (χ0v) is 17.1. The maximum Gasteiger partial charge on any atom is 0.331 e. The van der Waals surface area contributed by atoms with E-state index in [0.29, 0.717) is 5.92 Å². The Kier molecular flexibility index (Phi) is 10.7. The van der Waals surface area contributed by atoms with Crippen molar-refractivity contribution in [2.45, 2.75) is 64.8 Å². The van der Waals surface area contributed by atoms with Crippen molar-refractivity contribution < 1.29 is 34.1 Å². The quantitative estimate of drug-likeness (QED) is 0.235. The van der Waals surface area contributed by atoms with Gasteiger partial charge in [0.1, 0.15) is 0 Å². The number of unbranched alkanes of at least 4 members (excludes halogenated alkanes) is 1. The Morgan fingerprint density at radius 1 is 1.21 bits per heavy atom. The third kappa shape index (κ3) is 11.0. The van der Waals surface area contributed by atoms with Crippen molar-refractivity contribution in [1.82, 2.24) is 0 Å². The molecule has 0 fully saturated rings. The summed E-state index contributed by atoms with van der Waals surface area (Å²) in [5.74, 6) is -2.10. The molecule has 0 aromatic rings. The van der Waals surface area contributed by atoms with E-state index in [2.05, 4.69) is 13.0 Å². The van der Waals surface area contributed by atoms with Gasteiger partial charge in [0.25, 0.3) is 0 Å². The van der Waals surface area contributed by atoms with Gasteiger partial charge in [0.05, 0.1) is 6.10 Å². The Morgan fingerprint density at radius 2 is 1.90 bits per heavy atom. The molecule has 0 saturated heterocycles. The van der Waals surface area contributed by atoms with E-state index in [1.165, 1.54) is 12.2 Å². The van der Waals surface area contributed by atoms with Crippen molar-refractivity contribution in [3.8, 4) is 0 Å². The zero-order valence-electron chi connectivity index (χ0n) is 17.1. The fourth-order valence-electron chi connectivity index (χ4n) is 2.82. The molecule has 1 heterocycles. The minimum atomic E-state index is -1.19. The maximum atomic E-state index is 12.1. The number of aliphatic carboxylic acids is 1. The summed E-state index contributed by atoms with van der Waals surface area (Å²) in [6.07, 6.45) is 11.2. The summed E-state index contributed by atoms with van der Waals surface area (Å²) in [7, 11) is 0. The summed E-state index contributed by atoms with van der Waals surface area (Å²) in [6.45, 7) is 5.77. The highest BCUT2D eigenvalue weighted by Gasteiger charge is 2.27. The Labute approximate surface area is 171 Å². The second-order valence-corrected chi connectivity index (χ2v) is 7.21. The first-order valence-corrected chi connectivity index (χ1v) is 9.72. The Morgan fingerprint density at radius 3 is 2.55 bits per heavy atom. The number of carboxylic acid groups (broad SMARTS) is 1. The van der Waals surface area contributed by atoms with Crippen molar-refractivity contribution in [2.24, 2.45) is 5.92 Å². The lowest BCUT2D eigenvalue weighted by Gasteiger charge is -2.24. The molecule has 1 rings (SSSR count). The molecule has 2 N–H and O–H groups in total. The van der Waals surface area contributed by atoms with Crippen molar-refractivity contribution in [3.63, 3.8) is 0 Å². The van der Waals surface area contributed by atoms with Crippen LogP contribution in [-0.2, 0) is 23.9 Å². The molecule has 0 bridgehead atoms. The molecular formula is C22H30O7. The first-order valence-electron chi connectivity index (χ1n) is 9.72. The van der Waals surface area contributed by atoms with Gasteiger partial charge in [-0.15, -0.1) is 0 Å². The second-order valence-electron chi connectivity index (χ2n) is 7.21. The number of aliphatic hydroxyl groups excluding tert-OH is 1. The summed E-state index contributed by atoms with van der Waals surface area (Å²) in [5.41, 5.74) is 0.915. The Bertz CT molecular complexity index is 685. The van der Waals surface area contributed by atoms with Crippen LogP contribution in [0.4, 0.5) is 0 Å². The number of esters is 2. The number of hydrogen-bond acceptors (Lipinski definition) is 6. The molecule has 0 aliphatic carbocycles. The van der Waals surface area contributed by atoms with Gasteiger partial charge in [-0.3, -0.25) is 0 Å². The van der Waals surface area contributed by atoms with Gasteiger partial charge in [-0.05, 0) is 44.8 Å². The monoisotopic (exact) mass is 406 g/mol. The highest BCUT2D eigenvalue weighted by atomic mass is 16.6. The third-order valence-electron chi connectivity index (χ3n) is 4.24. The Balaban J connectivity index is 2.56. The van der Waals surface area contributed by atoms with E-state index in [0.717, 1.165) is 49.5 Å². The van der Waals surface area contributed by atoms with Crippen molar-refractivity contribution >= 4 is 17.9 Å². The van der Waals surface area contributed by atoms with E-state index in [1.54, 1.807) is 13.0 Å². The first-order chi connectivity index (χ1) is 13.7. The lowest BCUT2D eigenvalue weighted by molar-refractivity contribution is -0.156. The highest BCUT2D eigenvalue weighted by Crippen LogP contribution is 2.16. The predicted octanol–water partition coefficient (Wildman–Crippen LogP) is 3.10. The molecule has 1 aliphatic heterocycles. The molecule has 29 heavy (non-hydrogen) atoms. The molecule has 1 aliphatic rings. The fourth-order valence-corrected chi connectivity index (χ4v) is 2.82. The molecule has 0 amide bonds. The van der Waals surface area contributed by atoms with E-state index in [1.807, 2.05) is 6.92 Å². The van der Waals surface area contributed by atoms with Crippen LogP contribution in [0.15, 0.2) is 48.1 Å². The molecule has 0 aromatic heterocycles. The van der Waals surface area contributed by atoms with Gasteiger partial charge < -0.3 is 19.7 Å². The van der Waals surface area contributed by atoms with Crippen LogP contribution < -0.4 is 0 Å². The van der Waals surface area contributed by atoms with E-state index in [9.17, 15) is 19.5 Å². The maximum absolute atomic E-state index is 12.1. The van der Waals surface area contributed by atoms with Gasteiger partial charge >= 0.3 is 17.9 Å². The van der Waals surface area contributed by atoms with Crippen molar-refractivity contribution in [1.29, 1.82) is 0 Å². The van der Waals surface area contributed by atoms with Gasteiger partial charge in [0, 0.05) is 18.2 Å². The number of ether oxygens (including phenoxy) is 2. The van der Waals surface area contributed by atoms with Gasteiger partial charge in [0.2, 0.25) is 0 Å². The molecule has 7 heteroatoms. The normalized spacial score (nSPS) is 21.9. The molecular weight excluding hydrogens is 376 g/mol. The average molecular weight is 406 g/mol. The molecule has 0 unspecified atom stereocenters. The van der Waals surface area contributed by atoms with E-state index in [-0.39, 0.29) is 6.10 Å². The summed E-state index contributed by atoms with van der Waals surface area (Å²) >= 11 is 0. The number of hydrogen-bond donors (Lipinski definition) is 2. The minimum Gasteiger partial charge on any atom is -0.478 e. The van der Waals surface area contributed by atoms with Crippen LogP contribution in [-0.4, -0.2) is 46.4 Å². The number of carboxylic acids is 1. The molecule has 0 aromatic carbocycles. The standard InChI is InChI=1S/C22H30O7/c1-15(6-4-5-7-17(3)23)14-16(2)8-12-21(26)29-19-10-13-22(27)28-18(19)9-11-20(24)25/h8-15,17-19,23H,4-7H2,1-3H3,(H,24,25)/b11-9+,12-8+,16-14+/t15-,17-,18+,19+/m1/s1. The van der Waals surface area contributed by atoms with E-state index < -0.39 is 30.1 Å². The molecule has 0 radical (unpaired) electrons. The van der Waals surface area contributed by atoms with Crippen molar-refractivity contribution in [2.75, 3.05) is 0 Å². The summed E-state index contributed by atoms with van der Waals surface area (Å²) in [5, 5.41) is 18.0. The number of carbonyl (C=O) groups excluding carboxylic acids is 2. The third-order valence-corrected chi connectivity index (χ3v) is 4.24. The summed E-state index contributed by atoms with van der Waals surface area (Å²) < 4.78 is 10.2.